The zero-order valence-corrected chi connectivity index (χ0v) is 7.84. The van der Waals surface area contributed by atoms with Crippen molar-refractivity contribution in [1.29, 1.82) is 0 Å². The van der Waals surface area contributed by atoms with Gasteiger partial charge in [0.1, 0.15) is 0 Å². The smallest absolute Gasteiger partial charge is 0.188 e. The Kier molecular flexibility index (Phi) is 3.91. The zero-order chi connectivity index (χ0) is 8.81. The quantitative estimate of drug-likeness (QED) is 0.489. The highest BCUT2D eigenvalue weighted by Gasteiger charge is 2.16. The third-order valence-electron chi connectivity index (χ3n) is 2.30. The van der Waals surface area contributed by atoms with Gasteiger partial charge in [-0.15, -0.1) is 0 Å². The van der Waals surface area contributed by atoms with Gasteiger partial charge in [-0.2, -0.15) is 0 Å². The molecule has 1 saturated carbocycles. The molecule has 0 heterocycles. The number of nitrogens with zero attached hydrogens (tertiary/aromatic N) is 1. The fraction of sp³-hybridized carbons (Fsp3) is 0.889. The molecule has 12 heavy (non-hydrogen) atoms. The molecule has 0 aromatic rings. The van der Waals surface area contributed by atoms with Gasteiger partial charge in [-0.1, -0.05) is 13.3 Å². The first-order chi connectivity index (χ1) is 5.83. The second kappa shape index (κ2) is 5.01. The van der Waals surface area contributed by atoms with Crippen LogP contribution in [-0.2, 0) is 0 Å². The molecule has 3 nitrogen and oxygen atoms in total. The van der Waals surface area contributed by atoms with Gasteiger partial charge in [-0.05, 0) is 25.2 Å². The van der Waals surface area contributed by atoms with E-state index in [2.05, 4.69) is 17.2 Å². The van der Waals surface area contributed by atoms with Crippen molar-refractivity contribution >= 4 is 5.96 Å². The molecule has 3 N–H and O–H groups in total. The SMILES string of the molecule is CCCNC(N)=NCC1CCC1. The van der Waals surface area contributed by atoms with E-state index in [1.165, 1.54) is 19.3 Å². The van der Waals surface area contributed by atoms with Crippen LogP contribution in [0.25, 0.3) is 0 Å². The van der Waals surface area contributed by atoms with Gasteiger partial charge < -0.3 is 11.1 Å². The standard InChI is InChI=1S/C9H19N3/c1-2-6-11-9(10)12-7-8-4-3-5-8/h8H,2-7H2,1H3,(H3,10,11,12). The van der Waals surface area contributed by atoms with Crippen LogP contribution < -0.4 is 11.1 Å². The molecule has 1 aliphatic rings. The molecule has 0 amide bonds. The number of hydrogen-bond acceptors (Lipinski definition) is 1. The van der Waals surface area contributed by atoms with Gasteiger partial charge >= 0.3 is 0 Å². The normalized spacial score (nSPS) is 18.9. The van der Waals surface area contributed by atoms with E-state index in [4.69, 9.17) is 5.73 Å². The molecule has 0 atom stereocenters. The van der Waals surface area contributed by atoms with Crippen molar-refractivity contribution < 1.29 is 0 Å². The number of rotatable bonds is 4. The van der Waals surface area contributed by atoms with Crippen LogP contribution in [0.4, 0.5) is 0 Å². The number of hydrogen-bond donors (Lipinski definition) is 2. The van der Waals surface area contributed by atoms with Crippen molar-refractivity contribution in [2.75, 3.05) is 13.1 Å². The van der Waals surface area contributed by atoms with Crippen LogP contribution in [0.2, 0.25) is 0 Å². The van der Waals surface area contributed by atoms with E-state index in [0.29, 0.717) is 5.96 Å². The van der Waals surface area contributed by atoms with Crippen LogP contribution >= 0.6 is 0 Å². The molecule has 0 aliphatic heterocycles. The van der Waals surface area contributed by atoms with Gasteiger partial charge in [0.25, 0.3) is 0 Å². The summed E-state index contributed by atoms with van der Waals surface area (Å²) in [6, 6.07) is 0. The topological polar surface area (TPSA) is 50.4 Å². The zero-order valence-electron chi connectivity index (χ0n) is 7.84. The van der Waals surface area contributed by atoms with Crippen LogP contribution in [-0.4, -0.2) is 19.0 Å². The maximum absolute atomic E-state index is 5.63. The van der Waals surface area contributed by atoms with Crippen molar-refractivity contribution in [3.63, 3.8) is 0 Å². The summed E-state index contributed by atoms with van der Waals surface area (Å²) in [4.78, 5) is 4.27. The lowest BCUT2D eigenvalue weighted by molar-refractivity contribution is 0.326. The van der Waals surface area contributed by atoms with E-state index >= 15 is 0 Å². The Morgan fingerprint density at radius 2 is 2.33 bits per heavy atom. The summed E-state index contributed by atoms with van der Waals surface area (Å²) < 4.78 is 0. The maximum atomic E-state index is 5.63. The molecule has 3 heteroatoms. The first-order valence-corrected chi connectivity index (χ1v) is 4.86. The Labute approximate surface area is 74.4 Å². The van der Waals surface area contributed by atoms with Crippen molar-refractivity contribution in [1.82, 2.24) is 5.32 Å². The van der Waals surface area contributed by atoms with Crippen LogP contribution in [0, 0.1) is 5.92 Å². The molecule has 0 bridgehead atoms. The van der Waals surface area contributed by atoms with Crippen LogP contribution in [0.5, 0.6) is 0 Å². The molecule has 0 aromatic heterocycles. The lowest BCUT2D eigenvalue weighted by atomic mass is 9.86. The lowest BCUT2D eigenvalue weighted by Gasteiger charge is -2.23. The minimum atomic E-state index is 0.615. The van der Waals surface area contributed by atoms with Crippen molar-refractivity contribution in [3.05, 3.63) is 0 Å². The highest BCUT2D eigenvalue weighted by atomic mass is 15.1. The van der Waals surface area contributed by atoms with Gasteiger partial charge in [0.15, 0.2) is 5.96 Å². The highest BCUT2D eigenvalue weighted by molar-refractivity contribution is 5.77. The maximum Gasteiger partial charge on any atom is 0.188 e. The fourth-order valence-corrected chi connectivity index (χ4v) is 1.21. The number of guanidine groups is 1. The Balaban J connectivity index is 2.07. The third kappa shape index (κ3) is 3.11. The van der Waals surface area contributed by atoms with E-state index < -0.39 is 0 Å². The molecule has 0 aromatic carbocycles. The molecule has 1 rings (SSSR count). The largest absolute Gasteiger partial charge is 0.370 e. The molecule has 0 radical (unpaired) electrons. The third-order valence-corrected chi connectivity index (χ3v) is 2.30. The summed E-state index contributed by atoms with van der Waals surface area (Å²) in [6.07, 6.45) is 5.15. The summed E-state index contributed by atoms with van der Waals surface area (Å²) in [6.45, 7) is 3.97. The number of nitrogens with two attached hydrogens (primary N) is 1. The average molecular weight is 169 g/mol. The lowest BCUT2D eigenvalue weighted by Crippen LogP contribution is -2.33. The summed E-state index contributed by atoms with van der Waals surface area (Å²) in [5.41, 5.74) is 5.63. The first kappa shape index (κ1) is 9.36. The predicted molar refractivity (Wildman–Crippen MR) is 52.1 cm³/mol. The van der Waals surface area contributed by atoms with Crippen molar-refractivity contribution in [2.45, 2.75) is 32.6 Å². The van der Waals surface area contributed by atoms with Gasteiger partial charge in [-0.25, -0.2) is 0 Å². The van der Waals surface area contributed by atoms with Gasteiger partial charge in [0.2, 0.25) is 0 Å². The number of nitrogens with one attached hydrogen (secondary N) is 1. The van der Waals surface area contributed by atoms with Gasteiger partial charge in [-0.3, -0.25) is 4.99 Å². The second-order valence-electron chi connectivity index (χ2n) is 3.45. The molecule has 0 spiro atoms. The van der Waals surface area contributed by atoms with E-state index in [0.717, 1.165) is 25.4 Å². The molecule has 70 valence electrons. The Morgan fingerprint density at radius 3 is 2.83 bits per heavy atom. The minimum Gasteiger partial charge on any atom is -0.370 e. The van der Waals surface area contributed by atoms with Gasteiger partial charge in [0, 0.05) is 13.1 Å². The Bertz CT molecular complexity index is 150. The summed E-state index contributed by atoms with van der Waals surface area (Å²) >= 11 is 0. The van der Waals surface area contributed by atoms with E-state index in [1.807, 2.05) is 0 Å². The van der Waals surface area contributed by atoms with E-state index in [1.54, 1.807) is 0 Å². The van der Waals surface area contributed by atoms with Gasteiger partial charge in [0.05, 0.1) is 0 Å². The highest BCUT2D eigenvalue weighted by Crippen LogP contribution is 2.26. The molecular weight excluding hydrogens is 150 g/mol. The minimum absolute atomic E-state index is 0.615. The van der Waals surface area contributed by atoms with Crippen LogP contribution in [0.1, 0.15) is 32.6 Å². The van der Waals surface area contributed by atoms with E-state index in [9.17, 15) is 0 Å². The predicted octanol–water partition coefficient (Wildman–Crippen LogP) is 1.10. The molecular formula is C9H19N3. The van der Waals surface area contributed by atoms with Crippen LogP contribution in [0.3, 0.4) is 0 Å². The molecule has 0 saturated heterocycles. The Morgan fingerprint density at radius 1 is 1.58 bits per heavy atom. The summed E-state index contributed by atoms with van der Waals surface area (Å²) in [5, 5.41) is 3.06. The van der Waals surface area contributed by atoms with Crippen molar-refractivity contribution in [3.8, 4) is 0 Å². The monoisotopic (exact) mass is 169 g/mol. The molecule has 0 unspecified atom stereocenters. The van der Waals surface area contributed by atoms with E-state index in [-0.39, 0.29) is 0 Å². The summed E-state index contributed by atoms with van der Waals surface area (Å²) in [5.74, 6) is 1.43. The fourth-order valence-electron chi connectivity index (χ4n) is 1.21. The first-order valence-electron chi connectivity index (χ1n) is 4.86. The molecule has 1 aliphatic carbocycles. The summed E-state index contributed by atoms with van der Waals surface area (Å²) in [7, 11) is 0. The van der Waals surface area contributed by atoms with Crippen molar-refractivity contribution in [2.24, 2.45) is 16.6 Å². The van der Waals surface area contributed by atoms with Crippen LogP contribution in [0.15, 0.2) is 4.99 Å². The average Bonchev–Trinajstić information content (AvgIpc) is 1.98. The Hall–Kier alpha value is -0.730. The second-order valence-corrected chi connectivity index (χ2v) is 3.45. The number of aliphatic imine (C=N–C) groups is 1. The molecule has 1 fully saturated rings.